The van der Waals surface area contributed by atoms with Gasteiger partial charge in [0, 0.05) is 35.8 Å². The third-order valence-corrected chi connectivity index (χ3v) is 5.62. The van der Waals surface area contributed by atoms with Crippen molar-refractivity contribution in [3.05, 3.63) is 70.4 Å². The van der Waals surface area contributed by atoms with E-state index in [4.69, 9.17) is 4.74 Å². The second-order valence-corrected chi connectivity index (χ2v) is 8.97. The van der Waals surface area contributed by atoms with Crippen LogP contribution < -0.4 is 4.48 Å². The largest absolute Gasteiger partial charge is 0.462 e. The summed E-state index contributed by atoms with van der Waals surface area (Å²) >= 11 is 0. The Morgan fingerprint density at radius 1 is 0.969 bits per heavy atom. The Hall–Kier alpha value is -3.19. The number of aryl methyl sites for hydroxylation is 1. The molecule has 1 aromatic heterocycles. The van der Waals surface area contributed by atoms with E-state index < -0.39 is 0 Å². The number of rotatable bonds is 11. The fraction of sp³-hybridized carbons (Fsp3) is 0.400. The lowest BCUT2D eigenvalue weighted by Crippen LogP contribution is -2.34. The molecule has 0 saturated heterocycles. The predicted molar refractivity (Wildman–Crippen MR) is 128 cm³/mol. The topological polar surface area (TPSA) is 74.4 Å². The molecule has 0 N–H and O–H groups in total. The first-order valence-electron chi connectivity index (χ1n) is 11.1. The molecule has 0 amide bonds. The number of hydrogen-bond acceptors (Lipinski definition) is 4. The van der Waals surface area contributed by atoms with Crippen LogP contribution in [0.25, 0.3) is 10.9 Å². The molecule has 0 atom stereocenters. The fourth-order valence-corrected chi connectivity index (χ4v) is 3.70. The standard InChI is InChI=1S/C25H32N3O4/c1-28(2,3)23-12-9-20(10-13-23)25(29)32-18-8-6-4-5-7-16-26-17-15-21-19-22(27(30)31)11-14-24(21)26/h9-15,17,19H,4-8,16,18H2,1-3H3/q+1. The van der Waals surface area contributed by atoms with Crippen molar-refractivity contribution in [2.75, 3.05) is 27.7 Å². The third kappa shape index (κ3) is 6.17. The highest BCUT2D eigenvalue weighted by Crippen LogP contribution is 2.22. The molecular formula is C25H32N3O4+. The number of non-ortho nitro benzene ring substituents is 1. The minimum absolute atomic E-state index is 0.122. The first-order chi connectivity index (χ1) is 15.3. The number of fused-ring (bicyclic) bond motifs is 1. The third-order valence-electron chi connectivity index (χ3n) is 5.62. The van der Waals surface area contributed by atoms with Gasteiger partial charge in [0.05, 0.1) is 38.2 Å². The van der Waals surface area contributed by atoms with E-state index in [9.17, 15) is 14.9 Å². The lowest BCUT2D eigenvalue weighted by Gasteiger charge is -2.23. The SMILES string of the molecule is C[N+](C)(C)c1ccc(C(=O)OCCCCCCCn2ccc3cc([N+](=O)[O-])ccc32)cc1. The van der Waals surface area contributed by atoms with Crippen molar-refractivity contribution < 1.29 is 14.5 Å². The van der Waals surface area contributed by atoms with E-state index >= 15 is 0 Å². The molecule has 0 aliphatic rings. The molecule has 0 fully saturated rings. The summed E-state index contributed by atoms with van der Waals surface area (Å²) in [6, 6.07) is 14.5. The first kappa shape index (κ1) is 23.5. The first-order valence-corrected chi connectivity index (χ1v) is 11.1. The van der Waals surface area contributed by atoms with Crippen molar-refractivity contribution in [2.45, 2.75) is 38.6 Å². The number of hydrogen-bond donors (Lipinski definition) is 0. The van der Waals surface area contributed by atoms with E-state index in [1.165, 1.54) is 0 Å². The number of nitro groups is 1. The minimum Gasteiger partial charge on any atom is -0.462 e. The van der Waals surface area contributed by atoms with Gasteiger partial charge in [-0.05, 0) is 49.2 Å². The smallest absolute Gasteiger partial charge is 0.338 e. The van der Waals surface area contributed by atoms with E-state index in [0.717, 1.165) is 55.2 Å². The summed E-state index contributed by atoms with van der Waals surface area (Å²) in [7, 11) is 6.26. The number of nitrogens with zero attached hydrogens (tertiary/aromatic N) is 3. The van der Waals surface area contributed by atoms with Crippen LogP contribution in [-0.4, -0.2) is 43.2 Å². The molecule has 7 heteroatoms. The Bertz CT molecular complexity index is 1060. The fourth-order valence-electron chi connectivity index (χ4n) is 3.70. The molecule has 1 heterocycles. The molecule has 170 valence electrons. The van der Waals surface area contributed by atoms with Crippen molar-refractivity contribution in [2.24, 2.45) is 0 Å². The Kier molecular flexibility index (Phi) is 7.64. The van der Waals surface area contributed by atoms with Crippen molar-refractivity contribution in [1.82, 2.24) is 9.05 Å². The quantitative estimate of drug-likeness (QED) is 0.129. The average molecular weight is 439 g/mol. The Morgan fingerprint density at radius 3 is 2.34 bits per heavy atom. The van der Waals surface area contributed by atoms with Gasteiger partial charge in [0.25, 0.3) is 5.69 Å². The molecule has 0 saturated carbocycles. The minimum atomic E-state index is -0.365. The van der Waals surface area contributed by atoms with E-state index in [2.05, 4.69) is 25.7 Å². The zero-order valence-electron chi connectivity index (χ0n) is 19.1. The molecule has 7 nitrogen and oxygen atoms in total. The van der Waals surface area contributed by atoms with Crippen LogP contribution in [0.15, 0.2) is 54.7 Å². The van der Waals surface area contributed by atoms with E-state index in [1.807, 2.05) is 42.6 Å². The van der Waals surface area contributed by atoms with Gasteiger partial charge in [-0.15, -0.1) is 0 Å². The lowest BCUT2D eigenvalue weighted by molar-refractivity contribution is -0.384. The van der Waals surface area contributed by atoms with E-state index in [0.29, 0.717) is 16.7 Å². The summed E-state index contributed by atoms with van der Waals surface area (Å²) < 4.78 is 8.25. The Morgan fingerprint density at radius 2 is 1.66 bits per heavy atom. The second-order valence-electron chi connectivity index (χ2n) is 8.97. The zero-order valence-corrected chi connectivity index (χ0v) is 19.1. The van der Waals surface area contributed by atoms with Crippen LogP contribution in [0.3, 0.4) is 0 Å². The molecule has 2 aromatic carbocycles. The summed E-state index contributed by atoms with van der Waals surface area (Å²) in [5, 5.41) is 11.8. The highest BCUT2D eigenvalue weighted by Gasteiger charge is 2.14. The second kappa shape index (κ2) is 10.4. The molecule has 0 bridgehead atoms. The van der Waals surface area contributed by atoms with Crippen LogP contribution in [0.2, 0.25) is 0 Å². The van der Waals surface area contributed by atoms with E-state index in [-0.39, 0.29) is 16.6 Å². The van der Waals surface area contributed by atoms with E-state index in [1.54, 1.807) is 12.1 Å². The van der Waals surface area contributed by atoms with Gasteiger partial charge in [0.1, 0.15) is 5.69 Å². The van der Waals surface area contributed by atoms with Crippen molar-refractivity contribution in [3.63, 3.8) is 0 Å². The van der Waals surface area contributed by atoms with Gasteiger partial charge in [-0.25, -0.2) is 4.79 Å². The number of ether oxygens (including phenoxy) is 1. The molecule has 0 unspecified atom stereocenters. The summed E-state index contributed by atoms with van der Waals surface area (Å²) in [4.78, 5) is 22.7. The van der Waals surface area contributed by atoms with Crippen molar-refractivity contribution >= 4 is 28.2 Å². The highest BCUT2D eigenvalue weighted by atomic mass is 16.6. The molecule has 0 spiro atoms. The maximum atomic E-state index is 12.2. The molecule has 3 rings (SSSR count). The number of carbonyl (C=O) groups is 1. The van der Waals surface area contributed by atoms with Crippen molar-refractivity contribution in [1.29, 1.82) is 0 Å². The molecule has 0 radical (unpaired) electrons. The maximum absolute atomic E-state index is 12.2. The summed E-state index contributed by atoms with van der Waals surface area (Å²) in [6.45, 7) is 1.33. The highest BCUT2D eigenvalue weighted by molar-refractivity contribution is 5.89. The molecule has 32 heavy (non-hydrogen) atoms. The molecule has 3 aromatic rings. The van der Waals surface area contributed by atoms with Crippen LogP contribution in [0.4, 0.5) is 11.4 Å². The summed E-state index contributed by atoms with van der Waals surface area (Å²) in [5.41, 5.74) is 2.87. The average Bonchev–Trinajstić information content (AvgIpc) is 3.17. The van der Waals surface area contributed by atoms with Gasteiger partial charge >= 0.3 is 5.97 Å². The van der Waals surface area contributed by atoms with Crippen molar-refractivity contribution in [3.8, 4) is 0 Å². The number of esters is 1. The predicted octanol–water partition coefficient (Wildman–Crippen LogP) is 5.55. The van der Waals surface area contributed by atoms with Crippen LogP contribution in [0.5, 0.6) is 0 Å². The Balaban J connectivity index is 1.31. The van der Waals surface area contributed by atoms with Crippen LogP contribution >= 0.6 is 0 Å². The number of quaternary nitrogens is 1. The molecule has 0 aliphatic heterocycles. The number of benzene rings is 2. The number of nitro benzene ring substituents is 1. The van der Waals surface area contributed by atoms with Gasteiger partial charge in [-0.3, -0.25) is 14.6 Å². The summed E-state index contributed by atoms with van der Waals surface area (Å²) in [5.74, 6) is -0.266. The van der Waals surface area contributed by atoms with Crippen LogP contribution in [-0.2, 0) is 11.3 Å². The monoisotopic (exact) mass is 438 g/mol. The molecule has 0 aliphatic carbocycles. The summed E-state index contributed by atoms with van der Waals surface area (Å²) in [6.07, 6.45) is 7.08. The van der Waals surface area contributed by atoms with Gasteiger partial charge in [0.2, 0.25) is 0 Å². The van der Waals surface area contributed by atoms with Gasteiger partial charge in [-0.2, -0.15) is 0 Å². The van der Waals surface area contributed by atoms with Crippen LogP contribution in [0, 0.1) is 10.1 Å². The number of aromatic nitrogens is 1. The lowest BCUT2D eigenvalue weighted by atomic mass is 10.1. The number of unbranched alkanes of at least 4 members (excludes halogenated alkanes) is 4. The molecular weight excluding hydrogens is 406 g/mol. The number of carbonyl (C=O) groups excluding carboxylic acids is 1. The zero-order chi connectivity index (χ0) is 23.1. The Labute approximate surface area is 189 Å². The van der Waals surface area contributed by atoms with Gasteiger partial charge in [0.15, 0.2) is 0 Å². The van der Waals surface area contributed by atoms with Gasteiger partial charge in [-0.1, -0.05) is 19.3 Å². The normalized spacial score (nSPS) is 11.6. The van der Waals surface area contributed by atoms with Gasteiger partial charge < -0.3 is 9.30 Å². The van der Waals surface area contributed by atoms with Crippen LogP contribution in [0.1, 0.15) is 42.5 Å². The maximum Gasteiger partial charge on any atom is 0.338 e.